The summed E-state index contributed by atoms with van der Waals surface area (Å²) in [5, 5.41) is 9.02. The topological polar surface area (TPSA) is 57.2 Å². The zero-order chi connectivity index (χ0) is 19.0. The van der Waals surface area contributed by atoms with Crippen LogP contribution in [0.3, 0.4) is 0 Å². The van der Waals surface area contributed by atoms with E-state index in [4.69, 9.17) is 24.1 Å². The van der Waals surface area contributed by atoms with Crippen molar-refractivity contribution in [3.63, 3.8) is 0 Å². The molecule has 1 aliphatic rings. The molecule has 0 aromatic rings. The fourth-order valence-corrected chi connectivity index (χ4v) is 2.60. The highest BCUT2D eigenvalue weighted by Gasteiger charge is 2.38. The molecule has 0 aromatic carbocycles. The van der Waals surface area contributed by atoms with Gasteiger partial charge in [-0.1, -0.05) is 51.9 Å². The Kier molecular flexibility index (Phi) is 13.3. The van der Waals surface area contributed by atoms with Crippen molar-refractivity contribution in [3.05, 3.63) is 11.8 Å². The summed E-state index contributed by atoms with van der Waals surface area (Å²) < 4.78 is 23.9. The van der Waals surface area contributed by atoms with Gasteiger partial charge in [-0.15, -0.1) is 0 Å². The second-order valence-electron chi connectivity index (χ2n) is 6.47. The van der Waals surface area contributed by atoms with Gasteiger partial charge in [-0.3, -0.25) is 0 Å². The van der Waals surface area contributed by atoms with E-state index in [0.717, 1.165) is 50.7 Å². The van der Waals surface area contributed by atoms with E-state index in [1.165, 1.54) is 0 Å². The highest BCUT2D eigenvalue weighted by Crippen LogP contribution is 2.25. The monoisotopic (exact) mass is 368 g/mol. The standard InChI is InChI=1S/C21H36O5/c1-4-7-13-23-17-19-21(25-15-9-6-3)20(24-14-8-5-2)18(16-26-19)11-10-12-22/h16,19-22H,4-9,12-15,17H2,1-3H3/t19-,20-,21+/m1/s1. The van der Waals surface area contributed by atoms with Gasteiger partial charge in [0.2, 0.25) is 0 Å². The predicted octanol–water partition coefficient (Wildman–Crippen LogP) is 3.45. The molecular formula is C21H36O5. The first kappa shape index (κ1) is 23.0. The van der Waals surface area contributed by atoms with Gasteiger partial charge in [-0.2, -0.15) is 0 Å². The normalized spacial score (nSPS) is 22.3. The maximum Gasteiger partial charge on any atom is 0.150 e. The van der Waals surface area contributed by atoms with E-state index < -0.39 is 0 Å². The molecule has 3 atom stereocenters. The van der Waals surface area contributed by atoms with E-state index in [1.54, 1.807) is 6.26 Å². The minimum absolute atomic E-state index is 0.191. The van der Waals surface area contributed by atoms with Gasteiger partial charge in [0.15, 0.2) is 0 Å². The van der Waals surface area contributed by atoms with Gasteiger partial charge >= 0.3 is 0 Å². The molecule has 0 saturated carbocycles. The Bertz CT molecular complexity index is 437. The van der Waals surface area contributed by atoms with Crippen molar-refractivity contribution in [2.24, 2.45) is 0 Å². The van der Waals surface area contributed by atoms with E-state index in [1.807, 2.05) is 0 Å². The molecular weight excluding hydrogens is 332 g/mol. The summed E-state index contributed by atoms with van der Waals surface area (Å²) in [6, 6.07) is 0. The lowest BCUT2D eigenvalue weighted by Crippen LogP contribution is -2.48. The molecule has 0 spiro atoms. The van der Waals surface area contributed by atoms with Crippen molar-refractivity contribution in [1.82, 2.24) is 0 Å². The van der Waals surface area contributed by atoms with Crippen LogP contribution < -0.4 is 0 Å². The van der Waals surface area contributed by atoms with Crippen LogP contribution >= 0.6 is 0 Å². The zero-order valence-corrected chi connectivity index (χ0v) is 16.7. The van der Waals surface area contributed by atoms with Crippen LogP contribution in [0.4, 0.5) is 0 Å². The number of hydrogen-bond donors (Lipinski definition) is 1. The third-order valence-electron chi connectivity index (χ3n) is 4.18. The Morgan fingerprint density at radius 1 is 1.00 bits per heavy atom. The molecule has 1 rings (SSSR count). The first-order chi connectivity index (χ1) is 12.8. The molecule has 0 bridgehead atoms. The van der Waals surface area contributed by atoms with Crippen LogP contribution in [0, 0.1) is 11.8 Å². The fourth-order valence-electron chi connectivity index (χ4n) is 2.60. The van der Waals surface area contributed by atoms with E-state index in [-0.39, 0.29) is 24.9 Å². The molecule has 5 heteroatoms. The zero-order valence-electron chi connectivity index (χ0n) is 16.7. The van der Waals surface area contributed by atoms with Crippen LogP contribution in [0.5, 0.6) is 0 Å². The van der Waals surface area contributed by atoms with Crippen molar-refractivity contribution in [1.29, 1.82) is 0 Å². The first-order valence-corrected chi connectivity index (χ1v) is 10.0. The number of ether oxygens (including phenoxy) is 4. The average molecular weight is 369 g/mol. The maximum atomic E-state index is 9.02. The van der Waals surface area contributed by atoms with Gasteiger partial charge in [-0.25, -0.2) is 0 Å². The van der Waals surface area contributed by atoms with Crippen LogP contribution in [-0.4, -0.2) is 56.5 Å². The molecule has 0 radical (unpaired) electrons. The number of rotatable bonds is 13. The highest BCUT2D eigenvalue weighted by molar-refractivity contribution is 5.34. The molecule has 0 saturated heterocycles. The molecule has 5 nitrogen and oxygen atoms in total. The average Bonchev–Trinajstić information content (AvgIpc) is 2.66. The van der Waals surface area contributed by atoms with Gasteiger partial charge in [0, 0.05) is 19.8 Å². The van der Waals surface area contributed by atoms with Gasteiger partial charge in [0.05, 0.1) is 18.4 Å². The number of aliphatic hydroxyl groups excluding tert-OH is 1. The third kappa shape index (κ3) is 8.55. The van der Waals surface area contributed by atoms with Crippen LogP contribution in [0.2, 0.25) is 0 Å². The van der Waals surface area contributed by atoms with Crippen molar-refractivity contribution in [2.75, 3.05) is 33.0 Å². The van der Waals surface area contributed by atoms with E-state index >= 15 is 0 Å². The quantitative estimate of drug-likeness (QED) is 0.399. The van der Waals surface area contributed by atoms with E-state index in [2.05, 4.69) is 32.6 Å². The van der Waals surface area contributed by atoms with Crippen LogP contribution in [-0.2, 0) is 18.9 Å². The predicted molar refractivity (Wildman–Crippen MR) is 103 cm³/mol. The largest absolute Gasteiger partial charge is 0.492 e. The summed E-state index contributed by atoms with van der Waals surface area (Å²) in [6.45, 7) is 8.73. The summed E-state index contributed by atoms with van der Waals surface area (Å²) in [4.78, 5) is 0. The Morgan fingerprint density at radius 3 is 2.31 bits per heavy atom. The Morgan fingerprint density at radius 2 is 1.65 bits per heavy atom. The van der Waals surface area contributed by atoms with Crippen molar-refractivity contribution in [3.8, 4) is 11.8 Å². The fraction of sp³-hybridized carbons (Fsp3) is 0.810. The minimum Gasteiger partial charge on any atom is -0.492 e. The lowest BCUT2D eigenvalue weighted by atomic mass is 9.98. The Balaban J connectivity index is 2.85. The van der Waals surface area contributed by atoms with Crippen LogP contribution in [0.1, 0.15) is 59.3 Å². The first-order valence-electron chi connectivity index (χ1n) is 10.0. The maximum absolute atomic E-state index is 9.02. The van der Waals surface area contributed by atoms with Gasteiger partial charge in [0.1, 0.15) is 24.9 Å². The summed E-state index contributed by atoms with van der Waals surface area (Å²) >= 11 is 0. The van der Waals surface area contributed by atoms with Gasteiger partial charge < -0.3 is 24.1 Å². The van der Waals surface area contributed by atoms with Gasteiger partial charge in [-0.05, 0) is 19.3 Å². The van der Waals surface area contributed by atoms with Crippen molar-refractivity contribution in [2.45, 2.75) is 77.6 Å². The smallest absolute Gasteiger partial charge is 0.150 e. The molecule has 1 heterocycles. The highest BCUT2D eigenvalue weighted by atomic mass is 16.6. The summed E-state index contributed by atoms with van der Waals surface area (Å²) in [5.74, 6) is 5.65. The molecule has 26 heavy (non-hydrogen) atoms. The molecule has 1 N–H and O–H groups in total. The number of hydrogen-bond acceptors (Lipinski definition) is 5. The number of unbranched alkanes of at least 4 members (excludes halogenated alkanes) is 3. The lowest BCUT2D eigenvalue weighted by Gasteiger charge is -2.36. The van der Waals surface area contributed by atoms with Crippen LogP contribution in [0.15, 0.2) is 11.8 Å². The SMILES string of the molecule is CCCCOC[C@H]1OC=C(C#CCO)[C@@H](OCCCC)[C@H]1OCCCC. The molecule has 150 valence electrons. The molecule has 0 amide bonds. The minimum atomic E-state index is -0.286. The molecule has 0 unspecified atom stereocenters. The second-order valence-corrected chi connectivity index (χ2v) is 6.47. The summed E-state index contributed by atoms with van der Waals surface area (Å²) in [6.07, 6.45) is 7.13. The Hall–Kier alpha value is -1.06. The Labute approximate surface area is 159 Å². The molecule has 0 aromatic heterocycles. The summed E-state index contributed by atoms with van der Waals surface area (Å²) in [7, 11) is 0. The van der Waals surface area contributed by atoms with E-state index in [0.29, 0.717) is 19.8 Å². The van der Waals surface area contributed by atoms with Crippen molar-refractivity contribution >= 4 is 0 Å². The summed E-state index contributed by atoms with van der Waals surface area (Å²) in [5.41, 5.74) is 0.724. The van der Waals surface area contributed by atoms with Crippen molar-refractivity contribution < 1.29 is 24.1 Å². The van der Waals surface area contributed by atoms with E-state index in [9.17, 15) is 0 Å². The number of aliphatic hydroxyl groups is 1. The van der Waals surface area contributed by atoms with Crippen LogP contribution in [0.25, 0.3) is 0 Å². The lowest BCUT2D eigenvalue weighted by molar-refractivity contribution is -0.141. The molecule has 0 aliphatic carbocycles. The second kappa shape index (κ2) is 15.0. The molecule has 0 fully saturated rings. The third-order valence-corrected chi connectivity index (χ3v) is 4.18. The molecule has 1 aliphatic heterocycles. The van der Waals surface area contributed by atoms with Gasteiger partial charge in [0.25, 0.3) is 0 Å².